The number of nitrogens with one attached hydrogen (secondary N) is 1. The van der Waals surface area contributed by atoms with Crippen molar-refractivity contribution in [3.05, 3.63) is 29.8 Å². The molecular weight excluding hydrogens is 264 g/mol. The highest BCUT2D eigenvalue weighted by Gasteiger charge is 2.26. The quantitative estimate of drug-likeness (QED) is 0.833. The zero-order chi connectivity index (χ0) is 15.1. The fourth-order valence-electron chi connectivity index (χ4n) is 2.89. The van der Waals surface area contributed by atoms with Gasteiger partial charge < -0.3 is 14.8 Å². The summed E-state index contributed by atoms with van der Waals surface area (Å²) in [6, 6.07) is 8.75. The average molecular weight is 292 g/mol. The van der Waals surface area contributed by atoms with Gasteiger partial charge >= 0.3 is 0 Å². The van der Waals surface area contributed by atoms with Gasteiger partial charge in [0.25, 0.3) is 0 Å². The van der Waals surface area contributed by atoms with Crippen LogP contribution in [0.1, 0.15) is 18.9 Å². The van der Waals surface area contributed by atoms with Gasteiger partial charge in [0.05, 0.1) is 19.8 Å². The zero-order valence-corrected chi connectivity index (χ0v) is 13.5. The Morgan fingerprint density at radius 3 is 2.76 bits per heavy atom. The molecule has 1 fully saturated rings. The normalized spacial score (nSPS) is 21.2. The first kappa shape index (κ1) is 16.3. The number of hydrogen-bond donors (Lipinski definition) is 1. The molecule has 2 unspecified atom stereocenters. The molecule has 4 nitrogen and oxygen atoms in total. The maximum atomic E-state index is 5.96. The van der Waals surface area contributed by atoms with Crippen LogP contribution in [-0.4, -0.2) is 57.4 Å². The second-order valence-corrected chi connectivity index (χ2v) is 5.58. The Morgan fingerprint density at radius 1 is 1.38 bits per heavy atom. The van der Waals surface area contributed by atoms with Crippen molar-refractivity contribution in [3.63, 3.8) is 0 Å². The van der Waals surface area contributed by atoms with E-state index in [0.29, 0.717) is 12.1 Å². The number of rotatable bonds is 7. The molecule has 4 heteroatoms. The summed E-state index contributed by atoms with van der Waals surface area (Å²) >= 11 is 0. The molecule has 21 heavy (non-hydrogen) atoms. The third-order valence-electron chi connectivity index (χ3n) is 4.35. The van der Waals surface area contributed by atoms with Crippen molar-refractivity contribution in [2.75, 3.05) is 40.4 Å². The van der Waals surface area contributed by atoms with Crippen molar-refractivity contribution in [1.82, 2.24) is 10.2 Å². The molecule has 1 aromatic rings. The van der Waals surface area contributed by atoms with E-state index in [1.165, 1.54) is 5.56 Å². The number of aryl methyl sites for hydroxylation is 1. The third kappa shape index (κ3) is 4.70. The Morgan fingerprint density at radius 2 is 2.14 bits per heavy atom. The highest BCUT2D eigenvalue weighted by Crippen LogP contribution is 2.16. The largest absolute Gasteiger partial charge is 0.497 e. The SMILES string of the molecule is CCN1CCOC(C(CCc2ccc(OC)cc2)NC)C1. The smallest absolute Gasteiger partial charge is 0.118 e. The summed E-state index contributed by atoms with van der Waals surface area (Å²) < 4.78 is 11.2. The van der Waals surface area contributed by atoms with Crippen LogP contribution >= 0.6 is 0 Å². The Labute approximate surface area is 128 Å². The van der Waals surface area contributed by atoms with E-state index in [-0.39, 0.29) is 0 Å². The van der Waals surface area contributed by atoms with Crippen LogP contribution < -0.4 is 10.1 Å². The van der Waals surface area contributed by atoms with Crippen molar-refractivity contribution in [2.45, 2.75) is 31.9 Å². The van der Waals surface area contributed by atoms with E-state index >= 15 is 0 Å². The number of benzene rings is 1. The molecule has 0 saturated carbocycles. The highest BCUT2D eigenvalue weighted by molar-refractivity contribution is 5.27. The number of likely N-dealkylation sites (N-methyl/N-ethyl adjacent to an activating group) is 2. The van der Waals surface area contributed by atoms with Crippen molar-refractivity contribution >= 4 is 0 Å². The van der Waals surface area contributed by atoms with Crippen LogP contribution in [0.15, 0.2) is 24.3 Å². The van der Waals surface area contributed by atoms with Gasteiger partial charge in [-0.1, -0.05) is 19.1 Å². The Bertz CT molecular complexity index is 408. The molecule has 0 aromatic heterocycles. The minimum Gasteiger partial charge on any atom is -0.497 e. The van der Waals surface area contributed by atoms with Crippen LogP contribution in [0, 0.1) is 0 Å². The second-order valence-electron chi connectivity index (χ2n) is 5.58. The van der Waals surface area contributed by atoms with E-state index in [0.717, 1.165) is 44.8 Å². The fourth-order valence-corrected chi connectivity index (χ4v) is 2.89. The van der Waals surface area contributed by atoms with E-state index in [9.17, 15) is 0 Å². The summed E-state index contributed by atoms with van der Waals surface area (Å²) in [5, 5.41) is 3.43. The Kier molecular flexibility index (Phi) is 6.49. The van der Waals surface area contributed by atoms with Gasteiger partial charge in [0.2, 0.25) is 0 Å². The van der Waals surface area contributed by atoms with E-state index in [2.05, 4.69) is 29.3 Å². The van der Waals surface area contributed by atoms with Gasteiger partial charge in [0, 0.05) is 19.1 Å². The van der Waals surface area contributed by atoms with E-state index in [1.54, 1.807) is 7.11 Å². The summed E-state index contributed by atoms with van der Waals surface area (Å²) in [4.78, 5) is 2.46. The molecular formula is C17H28N2O2. The number of hydrogen-bond acceptors (Lipinski definition) is 4. The minimum atomic E-state index is 0.293. The van der Waals surface area contributed by atoms with Gasteiger partial charge in [0.1, 0.15) is 5.75 Å². The van der Waals surface area contributed by atoms with E-state index in [1.807, 2.05) is 19.2 Å². The second kappa shape index (κ2) is 8.37. The average Bonchev–Trinajstić information content (AvgIpc) is 2.56. The Balaban J connectivity index is 1.86. The lowest BCUT2D eigenvalue weighted by Crippen LogP contribution is -2.51. The van der Waals surface area contributed by atoms with Gasteiger partial charge in [-0.25, -0.2) is 0 Å². The van der Waals surface area contributed by atoms with Crippen molar-refractivity contribution < 1.29 is 9.47 Å². The third-order valence-corrected chi connectivity index (χ3v) is 4.35. The van der Waals surface area contributed by atoms with Crippen LogP contribution in [0.2, 0.25) is 0 Å². The van der Waals surface area contributed by atoms with Crippen molar-refractivity contribution in [2.24, 2.45) is 0 Å². The standard InChI is InChI=1S/C17H28N2O2/c1-4-19-11-12-21-17(13-19)16(18-2)10-7-14-5-8-15(20-3)9-6-14/h5-6,8-9,16-18H,4,7,10-13H2,1-3H3. The lowest BCUT2D eigenvalue weighted by molar-refractivity contribution is -0.0449. The predicted molar refractivity (Wildman–Crippen MR) is 86.0 cm³/mol. The van der Waals surface area contributed by atoms with Gasteiger partial charge in [-0.2, -0.15) is 0 Å². The first-order valence-electron chi connectivity index (χ1n) is 7.91. The molecule has 118 valence electrons. The molecule has 0 amide bonds. The number of methoxy groups -OCH3 is 1. The van der Waals surface area contributed by atoms with Crippen molar-refractivity contribution in [1.29, 1.82) is 0 Å². The summed E-state index contributed by atoms with van der Waals surface area (Å²) in [6.07, 6.45) is 2.44. The Hall–Kier alpha value is -1.10. The number of ether oxygens (including phenoxy) is 2. The molecule has 1 saturated heterocycles. The lowest BCUT2D eigenvalue weighted by Gasteiger charge is -2.36. The summed E-state index contributed by atoms with van der Waals surface area (Å²) in [7, 11) is 3.73. The molecule has 1 N–H and O–H groups in total. The van der Waals surface area contributed by atoms with Crippen molar-refractivity contribution in [3.8, 4) is 5.75 Å². The van der Waals surface area contributed by atoms with Crippen LogP contribution in [0.4, 0.5) is 0 Å². The van der Waals surface area contributed by atoms with E-state index in [4.69, 9.17) is 9.47 Å². The van der Waals surface area contributed by atoms with Crippen LogP contribution in [0.3, 0.4) is 0 Å². The zero-order valence-electron chi connectivity index (χ0n) is 13.5. The fraction of sp³-hybridized carbons (Fsp3) is 0.647. The predicted octanol–water partition coefficient (Wildman–Crippen LogP) is 1.94. The maximum Gasteiger partial charge on any atom is 0.118 e. The summed E-state index contributed by atoms with van der Waals surface area (Å²) in [5.74, 6) is 0.915. The van der Waals surface area contributed by atoms with Gasteiger partial charge in [-0.15, -0.1) is 0 Å². The van der Waals surface area contributed by atoms with Crippen LogP contribution in [0.25, 0.3) is 0 Å². The minimum absolute atomic E-state index is 0.293. The topological polar surface area (TPSA) is 33.7 Å². The molecule has 1 aromatic carbocycles. The highest BCUT2D eigenvalue weighted by atomic mass is 16.5. The summed E-state index contributed by atoms with van der Waals surface area (Å²) in [6.45, 7) is 6.26. The molecule has 0 aliphatic carbocycles. The van der Waals surface area contributed by atoms with Crippen LogP contribution in [-0.2, 0) is 11.2 Å². The summed E-state index contributed by atoms with van der Waals surface area (Å²) in [5.41, 5.74) is 1.35. The van der Waals surface area contributed by atoms with Gasteiger partial charge in [-0.05, 0) is 44.1 Å². The molecule has 0 spiro atoms. The molecule has 1 heterocycles. The monoisotopic (exact) mass is 292 g/mol. The first-order chi connectivity index (χ1) is 10.3. The maximum absolute atomic E-state index is 5.96. The molecule has 0 radical (unpaired) electrons. The van der Waals surface area contributed by atoms with Gasteiger partial charge in [-0.3, -0.25) is 4.90 Å². The molecule has 1 aliphatic rings. The molecule has 0 bridgehead atoms. The number of nitrogens with zero attached hydrogens (tertiary/aromatic N) is 1. The van der Waals surface area contributed by atoms with Gasteiger partial charge in [0.15, 0.2) is 0 Å². The molecule has 2 atom stereocenters. The molecule has 2 rings (SSSR count). The van der Waals surface area contributed by atoms with E-state index < -0.39 is 0 Å². The molecule has 1 aliphatic heterocycles. The lowest BCUT2D eigenvalue weighted by atomic mass is 10.00. The van der Waals surface area contributed by atoms with Crippen LogP contribution in [0.5, 0.6) is 5.75 Å². The first-order valence-corrected chi connectivity index (χ1v) is 7.91. The number of morpholine rings is 1.